The molecule has 0 unspecified atom stereocenters. The average Bonchev–Trinajstić information content (AvgIpc) is 2.92. The molecule has 1 aromatic heterocycles. The van der Waals surface area contributed by atoms with Crippen LogP contribution >= 0.6 is 34.9 Å². The molecule has 0 atom stereocenters. The van der Waals surface area contributed by atoms with Gasteiger partial charge in [0.15, 0.2) is 0 Å². The Morgan fingerprint density at radius 2 is 2.11 bits per heavy atom. The molecular formula is C13H11BrF3N4O4PS. The van der Waals surface area contributed by atoms with Crippen molar-refractivity contribution in [2.45, 2.75) is 5.66 Å². The number of hydrogen-bond donors (Lipinski definition) is 5. The van der Waals surface area contributed by atoms with Crippen molar-refractivity contribution in [1.82, 2.24) is 5.32 Å². The molecule has 27 heavy (non-hydrogen) atoms. The Kier molecular flexibility index (Phi) is 6.12. The fourth-order valence-corrected chi connectivity index (χ4v) is 4.91. The first-order valence-electron chi connectivity index (χ1n) is 6.86. The summed E-state index contributed by atoms with van der Waals surface area (Å²) in [5, 5.41) is 5.22. The Morgan fingerprint density at radius 3 is 2.63 bits per heavy atom. The molecule has 0 fully saturated rings. The molecule has 0 saturated carbocycles. The highest BCUT2D eigenvalue weighted by Crippen LogP contribution is 2.63. The number of fused-ring (bicyclic) bond motifs is 1. The Labute approximate surface area is 162 Å². The average molecular weight is 487 g/mol. The van der Waals surface area contributed by atoms with Crippen LogP contribution in [0.1, 0.15) is 15.2 Å². The number of carbonyl (C=O) groups excluding carboxylic acids is 1. The lowest BCUT2D eigenvalue weighted by Gasteiger charge is -2.16. The molecule has 14 heteroatoms. The van der Waals surface area contributed by atoms with Gasteiger partial charge < -0.3 is 20.8 Å². The van der Waals surface area contributed by atoms with Crippen LogP contribution in [0.5, 0.6) is 0 Å². The van der Waals surface area contributed by atoms with Gasteiger partial charge in [-0.1, -0.05) is 0 Å². The molecular weight excluding hydrogens is 476 g/mol. The van der Waals surface area contributed by atoms with E-state index in [1.54, 1.807) is 0 Å². The minimum Gasteiger partial charge on any atom is -0.403 e. The van der Waals surface area contributed by atoms with Gasteiger partial charge in [0, 0.05) is 21.6 Å². The molecule has 0 radical (unpaired) electrons. The van der Waals surface area contributed by atoms with E-state index in [2.05, 4.69) is 26.4 Å². The molecule has 6 N–H and O–H groups in total. The molecule has 0 spiro atoms. The molecule has 0 aliphatic heterocycles. The summed E-state index contributed by atoms with van der Waals surface area (Å²) in [6.07, 6.45) is 0.989. The van der Waals surface area contributed by atoms with Crippen LogP contribution in [0.2, 0.25) is 0 Å². The summed E-state index contributed by atoms with van der Waals surface area (Å²) in [7, 11) is -5.85. The minimum absolute atomic E-state index is 0.0326. The van der Waals surface area contributed by atoms with Gasteiger partial charge in [-0.25, -0.2) is 9.92 Å². The number of carbonyl (C=O) groups is 1. The fourth-order valence-electron chi connectivity index (χ4n) is 1.99. The third-order valence-corrected chi connectivity index (χ3v) is 6.83. The van der Waals surface area contributed by atoms with Crippen molar-refractivity contribution in [2.24, 2.45) is 10.8 Å². The van der Waals surface area contributed by atoms with Crippen LogP contribution in [0.4, 0.5) is 13.2 Å². The standard InChI is InChI=1S/C13H11BrF3N4O4PS/c14-9-7-1-5(12(22)20-4-6(3-18)21-19)2-8(15)10(7)27-11(9)13(16,17)26(23,24)25/h1-3,19H,4,18H2,(H,20,22)(H2,23,24,25)/b6-3-,21-19?. The maximum atomic E-state index is 14.3. The highest BCUT2D eigenvalue weighted by atomic mass is 79.9. The molecule has 1 heterocycles. The summed E-state index contributed by atoms with van der Waals surface area (Å²) < 4.78 is 52.7. The quantitative estimate of drug-likeness (QED) is 0.312. The van der Waals surface area contributed by atoms with Crippen LogP contribution in [0.3, 0.4) is 0 Å². The van der Waals surface area contributed by atoms with Gasteiger partial charge in [0.25, 0.3) is 5.91 Å². The van der Waals surface area contributed by atoms with E-state index in [-0.39, 0.29) is 39.2 Å². The van der Waals surface area contributed by atoms with Crippen molar-refractivity contribution in [3.8, 4) is 0 Å². The second-order valence-corrected chi connectivity index (χ2v) is 8.58. The van der Waals surface area contributed by atoms with Crippen LogP contribution < -0.4 is 11.1 Å². The number of halogens is 4. The zero-order valence-electron chi connectivity index (χ0n) is 13.0. The number of nitrogens with one attached hydrogen (secondary N) is 2. The van der Waals surface area contributed by atoms with Crippen molar-refractivity contribution in [3.05, 3.63) is 44.8 Å². The lowest BCUT2D eigenvalue weighted by molar-refractivity contribution is 0.0595. The van der Waals surface area contributed by atoms with Gasteiger partial charge in [-0.2, -0.15) is 13.9 Å². The fraction of sp³-hybridized carbons (Fsp3) is 0.154. The SMILES string of the molecule is N=N/C(=C\N)CNC(=O)c1cc(F)c2sc(C(F)(F)P(=O)(O)O)c(Br)c2c1. The molecule has 1 amide bonds. The van der Waals surface area contributed by atoms with E-state index in [0.29, 0.717) is 0 Å². The van der Waals surface area contributed by atoms with Crippen molar-refractivity contribution >= 4 is 50.9 Å². The summed E-state index contributed by atoms with van der Waals surface area (Å²) in [6, 6.07) is 1.89. The van der Waals surface area contributed by atoms with Gasteiger partial charge >= 0.3 is 13.3 Å². The number of rotatable bonds is 6. The number of amides is 1. The Hall–Kier alpha value is -1.79. The van der Waals surface area contributed by atoms with Gasteiger partial charge in [0.2, 0.25) is 0 Å². The Balaban J connectivity index is 2.50. The minimum atomic E-state index is -5.85. The van der Waals surface area contributed by atoms with E-state index in [0.717, 1.165) is 18.3 Å². The summed E-state index contributed by atoms with van der Waals surface area (Å²) in [5.41, 5.74) is 7.27. The smallest absolute Gasteiger partial charge is 0.400 e. The molecule has 2 aromatic rings. The topological polar surface area (TPSA) is 149 Å². The zero-order chi connectivity index (χ0) is 20.6. The summed E-state index contributed by atoms with van der Waals surface area (Å²) in [5.74, 6) is -1.81. The summed E-state index contributed by atoms with van der Waals surface area (Å²) in [6.45, 7) is -0.217. The van der Waals surface area contributed by atoms with Gasteiger partial charge in [-0.15, -0.1) is 11.3 Å². The van der Waals surface area contributed by atoms with E-state index in [1.807, 2.05) is 0 Å². The predicted molar refractivity (Wildman–Crippen MR) is 95.2 cm³/mol. The number of nitrogens with two attached hydrogens (primary N) is 1. The van der Waals surface area contributed by atoms with Crippen LogP contribution in [0.15, 0.2) is 33.6 Å². The maximum absolute atomic E-state index is 14.3. The Morgan fingerprint density at radius 1 is 1.48 bits per heavy atom. The molecule has 1 aromatic carbocycles. The van der Waals surface area contributed by atoms with Gasteiger partial charge in [0.05, 0.1) is 16.9 Å². The zero-order valence-corrected chi connectivity index (χ0v) is 16.3. The van der Waals surface area contributed by atoms with E-state index in [4.69, 9.17) is 21.1 Å². The number of alkyl halides is 2. The van der Waals surface area contributed by atoms with Gasteiger partial charge in [0.1, 0.15) is 10.7 Å². The summed E-state index contributed by atoms with van der Waals surface area (Å²) in [4.78, 5) is 28.8. The first-order valence-corrected chi connectivity index (χ1v) is 10.1. The second-order valence-electron chi connectivity index (χ2n) is 5.12. The molecule has 0 aliphatic carbocycles. The molecule has 146 valence electrons. The number of thiophene rings is 1. The monoisotopic (exact) mass is 486 g/mol. The van der Waals surface area contributed by atoms with E-state index >= 15 is 0 Å². The number of nitrogens with zero attached hydrogens (tertiary/aromatic N) is 1. The first-order chi connectivity index (χ1) is 12.4. The molecule has 2 rings (SSSR count). The van der Waals surface area contributed by atoms with Gasteiger partial charge in [-0.05, 0) is 28.1 Å². The van der Waals surface area contributed by atoms with Crippen molar-refractivity contribution in [2.75, 3.05) is 6.54 Å². The molecule has 0 saturated heterocycles. The normalized spacial score (nSPS) is 13.0. The lowest BCUT2D eigenvalue weighted by Crippen LogP contribution is -2.25. The lowest BCUT2D eigenvalue weighted by atomic mass is 10.1. The van der Waals surface area contributed by atoms with Crippen LogP contribution in [-0.4, -0.2) is 22.2 Å². The first kappa shape index (κ1) is 21.5. The van der Waals surface area contributed by atoms with Crippen molar-refractivity contribution < 1.29 is 32.3 Å². The van der Waals surface area contributed by atoms with Crippen LogP contribution in [0, 0.1) is 11.3 Å². The third-order valence-electron chi connectivity index (χ3n) is 3.35. The molecule has 0 aliphatic rings. The highest BCUT2D eigenvalue weighted by molar-refractivity contribution is 9.10. The third kappa shape index (κ3) is 4.06. The second kappa shape index (κ2) is 7.68. The molecule has 8 nitrogen and oxygen atoms in total. The Bertz CT molecular complexity index is 1010. The molecule has 0 bridgehead atoms. The van der Waals surface area contributed by atoms with Crippen LogP contribution in [0.25, 0.3) is 10.1 Å². The number of benzene rings is 1. The van der Waals surface area contributed by atoms with E-state index in [9.17, 15) is 22.5 Å². The highest BCUT2D eigenvalue weighted by Gasteiger charge is 2.53. The van der Waals surface area contributed by atoms with Crippen LogP contribution in [-0.2, 0) is 10.2 Å². The van der Waals surface area contributed by atoms with Gasteiger partial charge in [-0.3, -0.25) is 9.36 Å². The summed E-state index contributed by atoms with van der Waals surface area (Å²) >= 11 is 2.97. The van der Waals surface area contributed by atoms with E-state index < -0.39 is 34.3 Å². The number of hydrogen-bond acceptors (Lipinski definition) is 6. The predicted octanol–water partition coefficient (Wildman–Crippen LogP) is 3.59. The van der Waals surface area contributed by atoms with Crippen molar-refractivity contribution in [1.29, 1.82) is 5.53 Å². The largest absolute Gasteiger partial charge is 0.403 e. The van der Waals surface area contributed by atoms with E-state index in [1.165, 1.54) is 0 Å². The van der Waals surface area contributed by atoms with Crippen molar-refractivity contribution in [3.63, 3.8) is 0 Å². The maximum Gasteiger partial charge on any atom is 0.400 e.